The number of fused-ring (bicyclic) bond motifs is 1. The number of nitrogen functional groups attached to an aromatic ring is 1. The second kappa shape index (κ2) is 2.42. The van der Waals surface area contributed by atoms with Gasteiger partial charge in [-0.1, -0.05) is 0 Å². The standard InChI is InChI=1S/C8H9N3S/c1-4-5(2)10-11-8-7(4)6(9)3-12-8/h3H,9H2,1-2H3. The molecule has 4 heteroatoms. The SMILES string of the molecule is Cc1nnc2scc(N)c2c1C. The first-order valence-electron chi connectivity index (χ1n) is 3.66. The Labute approximate surface area is 74.2 Å². The molecule has 0 aliphatic carbocycles. The van der Waals surface area contributed by atoms with Gasteiger partial charge in [-0.05, 0) is 19.4 Å². The van der Waals surface area contributed by atoms with Gasteiger partial charge in [0.2, 0.25) is 0 Å². The van der Waals surface area contributed by atoms with Gasteiger partial charge in [-0.15, -0.1) is 16.4 Å². The van der Waals surface area contributed by atoms with Crippen LogP contribution in [-0.4, -0.2) is 10.2 Å². The van der Waals surface area contributed by atoms with Gasteiger partial charge in [-0.3, -0.25) is 0 Å². The first kappa shape index (κ1) is 7.49. The Morgan fingerprint density at radius 1 is 1.33 bits per heavy atom. The van der Waals surface area contributed by atoms with E-state index in [1.165, 1.54) is 11.3 Å². The Morgan fingerprint density at radius 2 is 2.08 bits per heavy atom. The Morgan fingerprint density at radius 3 is 2.83 bits per heavy atom. The number of aryl methyl sites for hydroxylation is 2. The number of rotatable bonds is 0. The minimum atomic E-state index is 0.811. The number of nitrogens with zero attached hydrogens (tertiary/aromatic N) is 2. The van der Waals surface area contributed by atoms with Crippen LogP contribution >= 0.6 is 11.3 Å². The van der Waals surface area contributed by atoms with Crippen molar-refractivity contribution in [3.05, 3.63) is 16.6 Å². The largest absolute Gasteiger partial charge is 0.397 e. The van der Waals surface area contributed by atoms with Crippen molar-refractivity contribution in [2.45, 2.75) is 13.8 Å². The third-order valence-corrected chi connectivity index (χ3v) is 2.89. The Hall–Kier alpha value is -1.16. The van der Waals surface area contributed by atoms with E-state index in [0.717, 1.165) is 27.2 Å². The van der Waals surface area contributed by atoms with Gasteiger partial charge in [0.05, 0.1) is 11.4 Å². The highest BCUT2D eigenvalue weighted by atomic mass is 32.1. The van der Waals surface area contributed by atoms with Crippen LogP contribution in [0.25, 0.3) is 10.2 Å². The maximum absolute atomic E-state index is 5.79. The van der Waals surface area contributed by atoms with Crippen molar-refractivity contribution < 1.29 is 0 Å². The van der Waals surface area contributed by atoms with Crippen molar-refractivity contribution in [1.29, 1.82) is 0 Å². The predicted octanol–water partition coefficient (Wildman–Crippen LogP) is 1.89. The van der Waals surface area contributed by atoms with E-state index in [1.54, 1.807) is 0 Å². The molecular formula is C8H9N3S. The van der Waals surface area contributed by atoms with E-state index in [0.29, 0.717) is 0 Å². The zero-order chi connectivity index (χ0) is 8.72. The van der Waals surface area contributed by atoms with Crippen molar-refractivity contribution in [2.24, 2.45) is 0 Å². The predicted molar refractivity (Wildman–Crippen MR) is 51.3 cm³/mol. The summed E-state index contributed by atoms with van der Waals surface area (Å²) in [6, 6.07) is 0. The van der Waals surface area contributed by atoms with E-state index in [-0.39, 0.29) is 0 Å². The summed E-state index contributed by atoms with van der Waals surface area (Å²) in [7, 11) is 0. The molecular weight excluding hydrogens is 170 g/mol. The van der Waals surface area contributed by atoms with Gasteiger partial charge >= 0.3 is 0 Å². The van der Waals surface area contributed by atoms with Crippen LogP contribution in [0, 0.1) is 13.8 Å². The molecule has 3 nitrogen and oxygen atoms in total. The van der Waals surface area contributed by atoms with Gasteiger partial charge in [-0.25, -0.2) is 0 Å². The second-order valence-corrected chi connectivity index (χ2v) is 3.64. The number of hydrogen-bond donors (Lipinski definition) is 1. The Bertz CT molecular complexity index is 433. The summed E-state index contributed by atoms with van der Waals surface area (Å²) in [6.07, 6.45) is 0. The van der Waals surface area contributed by atoms with Crippen LogP contribution in [0.4, 0.5) is 5.69 Å². The summed E-state index contributed by atoms with van der Waals surface area (Å²) in [5, 5.41) is 11.0. The van der Waals surface area contributed by atoms with Crippen molar-refractivity contribution >= 4 is 27.2 Å². The molecule has 0 radical (unpaired) electrons. The molecule has 2 heterocycles. The fourth-order valence-electron chi connectivity index (χ4n) is 1.19. The molecule has 0 aliphatic heterocycles. The van der Waals surface area contributed by atoms with E-state index < -0.39 is 0 Å². The van der Waals surface area contributed by atoms with Gasteiger partial charge in [0, 0.05) is 10.8 Å². The monoisotopic (exact) mass is 179 g/mol. The average molecular weight is 179 g/mol. The molecule has 2 N–H and O–H groups in total. The van der Waals surface area contributed by atoms with E-state index in [9.17, 15) is 0 Å². The summed E-state index contributed by atoms with van der Waals surface area (Å²) in [5.41, 5.74) is 8.69. The van der Waals surface area contributed by atoms with Gasteiger partial charge in [0.1, 0.15) is 4.83 Å². The van der Waals surface area contributed by atoms with Crippen LogP contribution in [0.1, 0.15) is 11.3 Å². The van der Waals surface area contributed by atoms with Crippen molar-refractivity contribution in [3.63, 3.8) is 0 Å². The normalized spacial score (nSPS) is 10.8. The zero-order valence-electron chi connectivity index (χ0n) is 6.96. The first-order chi connectivity index (χ1) is 5.70. The molecule has 62 valence electrons. The summed E-state index contributed by atoms with van der Waals surface area (Å²) in [4.78, 5) is 0.926. The maximum atomic E-state index is 5.79. The lowest BCUT2D eigenvalue weighted by molar-refractivity contribution is 1.01. The molecule has 0 aromatic carbocycles. The van der Waals surface area contributed by atoms with Crippen molar-refractivity contribution in [1.82, 2.24) is 10.2 Å². The minimum Gasteiger partial charge on any atom is -0.397 e. The third kappa shape index (κ3) is 0.881. The van der Waals surface area contributed by atoms with Crippen molar-refractivity contribution in [3.8, 4) is 0 Å². The molecule has 0 spiro atoms. The summed E-state index contributed by atoms with van der Waals surface area (Å²) in [5.74, 6) is 0. The Kier molecular flexibility index (Phi) is 1.51. The zero-order valence-corrected chi connectivity index (χ0v) is 7.77. The van der Waals surface area contributed by atoms with Gasteiger partial charge in [-0.2, -0.15) is 5.10 Å². The van der Waals surface area contributed by atoms with E-state index in [4.69, 9.17) is 5.73 Å². The van der Waals surface area contributed by atoms with Crippen molar-refractivity contribution in [2.75, 3.05) is 5.73 Å². The lowest BCUT2D eigenvalue weighted by atomic mass is 10.2. The lowest BCUT2D eigenvalue weighted by Gasteiger charge is -1.99. The molecule has 2 aromatic rings. The molecule has 0 unspecified atom stereocenters. The molecule has 0 amide bonds. The summed E-state index contributed by atoms with van der Waals surface area (Å²) >= 11 is 1.54. The molecule has 0 saturated carbocycles. The molecule has 0 bridgehead atoms. The molecule has 12 heavy (non-hydrogen) atoms. The van der Waals surface area contributed by atoms with Gasteiger partial charge < -0.3 is 5.73 Å². The van der Waals surface area contributed by atoms with Crippen LogP contribution in [0.3, 0.4) is 0 Å². The Balaban J connectivity index is 2.96. The smallest absolute Gasteiger partial charge is 0.148 e. The second-order valence-electron chi connectivity index (χ2n) is 2.78. The molecule has 0 saturated heterocycles. The van der Waals surface area contributed by atoms with Crippen LogP contribution < -0.4 is 5.73 Å². The topological polar surface area (TPSA) is 51.8 Å². The van der Waals surface area contributed by atoms with E-state index >= 15 is 0 Å². The number of nitrogens with two attached hydrogens (primary N) is 1. The van der Waals surface area contributed by atoms with E-state index in [2.05, 4.69) is 10.2 Å². The van der Waals surface area contributed by atoms with Crippen LogP contribution in [0.15, 0.2) is 5.38 Å². The number of hydrogen-bond acceptors (Lipinski definition) is 4. The van der Waals surface area contributed by atoms with Gasteiger partial charge in [0.25, 0.3) is 0 Å². The number of aromatic nitrogens is 2. The number of thiophene rings is 1. The summed E-state index contributed by atoms with van der Waals surface area (Å²) in [6.45, 7) is 3.97. The van der Waals surface area contributed by atoms with Crippen LogP contribution in [-0.2, 0) is 0 Å². The highest BCUT2D eigenvalue weighted by Gasteiger charge is 2.07. The van der Waals surface area contributed by atoms with Crippen LogP contribution in [0.2, 0.25) is 0 Å². The summed E-state index contributed by atoms with van der Waals surface area (Å²) < 4.78 is 0. The first-order valence-corrected chi connectivity index (χ1v) is 4.54. The van der Waals surface area contributed by atoms with E-state index in [1.807, 2.05) is 19.2 Å². The number of anilines is 1. The fraction of sp³-hybridized carbons (Fsp3) is 0.250. The molecule has 0 atom stereocenters. The minimum absolute atomic E-state index is 0.811. The highest BCUT2D eigenvalue weighted by Crippen LogP contribution is 2.29. The third-order valence-electron chi connectivity index (χ3n) is 2.01. The maximum Gasteiger partial charge on any atom is 0.148 e. The van der Waals surface area contributed by atoms with Gasteiger partial charge in [0.15, 0.2) is 0 Å². The molecule has 0 aliphatic rings. The molecule has 2 rings (SSSR count). The molecule has 0 fully saturated rings. The molecule has 2 aromatic heterocycles. The average Bonchev–Trinajstić information content (AvgIpc) is 2.41. The fourth-order valence-corrected chi connectivity index (χ4v) is 2.02. The van der Waals surface area contributed by atoms with Crippen LogP contribution in [0.5, 0.6) is 0 Å². The quantitative estimate of drug-likeness (QED) is 0.672. The highest BCUT2D eigenvalue weighted by molar-refractivity contribution is 7.17. The lowest BCUT2D eigenvalue weighted by Crippen LogP contribution is -1.92.